The van der Waals surface area contributed by atoms with E-state index in [2.05, 4.69) is 5.32 Å². The first kappa shape index (κ1) is 16.8. The zero-order chi connectivity index (χ0) is 8.41. The topological polar surface area (TPSA) is 55.1 Å². The molecule has 0 bridgehead atoms. The minimum absolute atomic E-state index is 0. The molecule has 0 heterocycles. The van der Waals surface area contributed by atoms with Crippen molar-refractivity contribution < 1.29 is 4.79 Å². The third-order valence-electron chi connectivity index (χ3n) is 0.695. The van der Waals surface area contributed by atoms with E-state index in [4.69, 9.17) is 5.73 Å². The smallest absolute Gasteiger partial charge is 0.219 e. The van der Waals surface area contributed by atoms with Gasteiger partial charge in [-0.15, -0.1) is 0 Å². The zero-order valence-electron chi connectivity index (χ0n) is 7.11. The Hall–Kier alpha value is -0.570. The number of amides is 1. The summed E-state index contributed by atoms with van der Waals surface area (Å²) in [6, 6.07) is 0. The van der Waals surface area contributed by atoms with Crippen LogP contribution in [0.15, 0.2) is 0 Å². The van der Waals surface area contributed by atoms with Crippen molar-refractivity contribution in [1.29, 1.82) is 0 Å². The lowest BCUT2D eigenvalue weighted by Crippen LogP contribution is -2.20. The van der Waals surface area contributed by atoms with E-state index in [1.165, 1.54) is 0 Å². The third kappa shape index (κ3) is 26.5. The summed E-state index contributed by atoms with van der Waals surface area (Å²) in [7, 11) is 0. The van der Waals surface area contributed by atoms with Crippen LogP contribution in [0, 0.1) is 0 Å². The van der Waals surface area contributed by atoms with E-state index < -0.39 is 0 Å². The van der Waals surface area contributed by atoms with E-state index >= 15 is 0 Å². The predicted octanol–water partition coefficient (Wildman–Crippen LogP) is 1.13. The van der Waals surface area contributed by atoms with Crippen LogP contribution in [0.2, 0.25) is 0 Å². The Morgan fingerprint density at radius 3 is 1.82 bits per heavy atom. The largest absolute Gasteiger partial charge is 0.356 e. The highest BCUT2D eigenvalue weighted by Gasteiger charge is 1.88. The van der Waals surface area contributed by atoms with Crippen LogP contribution in [0.5, 0.6) is 0 Å². The second-order valence-electron chi connectivity index (χ2n) is 1.72. The first-order valence-electron chi connectivity index (χ1n) is 3.69. The number of hydrogen-bond acceptors (Lipinski definition) is 2. The van der Waals surface area contributed by atoms with Gasteiger partial charge in [0.1, 0.15) is 0 Å². The summed E-state index contributed by atoms with van der Waals surface area (Å²) in [5.41, 5.74) is 4.85. The molecule has 3 nitrogen and oxygen atoms in total. The Labute approximate surface area is 70.4 Å². The van der Waals surface area contributed by atoms with Gasteiger partial charge in [0.2, 0.25) is 5.91 Å². The van der Waals surface area contributed by atoms with Crippen molar-refractivity contribution in [3.05, 3.63) is 0 Å². The lowest BCUT2D eigenvalue weighted by atomic mass is 10.4. The number of nitrogens with two attached hydrogens (primary N) is 1. The van der Waals surface area contributed by atoms with E-state index in [-0.39, 0.29) is 13.3 Å². The number of hydrogen-bond donors (Lipinski definition) is 2. The lowest BCUT2D eigenvalue weighted by molar-refractivity contribution is -0.120. The van der Waals surface area contributed by atoms with Gasteiger partial charge in [-0.1, -0.05) is 21.3 Å². The second kappa shape index (κ2) is 16.2. The molecular formula is C8H22N2O. The molecule has 0 atom stereocenters. The highest BCUT2D eigenvalue weighted by Crippen LogP contribution is 1.70. The molecule has 3 N–H and O–H groups in total. The lowest BCUT2D eigenvalue weighted by Gasteiger charge is -1.93. The quantitative estimate of drug-likeness (QED) is 0.639. The van der Waals surface area contributed by atoms with E-state index in [9.17, 15) is 4.79 Å². The monoisotopic (exact) mass is 162 g/mol. The van der Waals surface area contributed by atoms with Crippen molar-refractivity contribution in [2.75, 3.05) is 13.1 Å². The second-order valence-corrected chi connectivity index (χ2v) is 1.72. The molecule has 0 radical (unpaired) electrons. The van der Waals surface area contributed by atoms with Gasteiger partial charge >= 0.3 is 0 Å². The number of rotatable bonds is 2. The summed E-state index contributed by atoms with van der Waals surface area (Å²) in [6.07, 6.45) is 0.591. The normalized spacial score (nSPS) is 6.91. The van der Waals surface area contributed by atoms with Crippen LogP contribution >= 0.6 is 0 Å². The van der Waals surface area contributed by atoms with Crippen molar-refractivity contribution in [1.82, 2.24) is 5.32 Å². The van der Waals surface area contributed by atoms with Crippen molar-refractivity contribution >= 4 is 5.91 Å². The average Bonchev–Trinajstić information content (AvgIpc) is 1.90. The summed E-state index contributed by atoms with van der Waals surface area (Å²) in [4.78, 5) is 10.3. The molecule has 1 amide bonds. The maximum atomic E-state index is 10.3. The van der Waals surface area contributed by atoms with Gasteiger partial charge < -0.3 is 11.1 Å². The minimum atomic E-state index is 0. The summed E-state index contributed by atoms with van der Waals surface area (Å²) in [6.45, 7) is 7.14. The molecule has 3 heteroatoms. The molecular weight excluding hydrogens is 140 g/mol. The van der Waals surface area contributed by atoms with Gasteiger partial charge in [0.05, 0.1) is 0 Å². The minimum Gasteiger partial charge on any atom is -0.356 e. The molecule has 0 spiro atoms. The summed E-state index contributed by atoms with van der Waals surface area (Å²) >= 11 is 0. The molecule has 0 aliphatic rings. The number of carbonyl (C=O) groups excluding carboxylic acids is 1. The molecule has 0 saturated carbocycles. The highest BCUT2D eigenvalue weighted by atomic mass is 16.1. The summed E-state index contributed by atoms with van der Waals surface area (Å²) < 4.78 is 0. The van der Waals surface area contributed by atoms with Crippen LogP contribution in [0.25, 0.3) is 0 Å². The zero-order valence-corrected chi connectivity index (χ0v) is 7.11. The van der Waals surface area contributed by atoms with E-state index in [0.717, 1.165) is 13.1 Å². The van der Waals surface area contributed by atoms with Crippen molar-refractivity contribution in [2.45, 2.75) is 34.6 Å². The molecule has 0 unspecified atom stereocenters. The van der Waals surface area contributed by atoms with Crippen LogP contribution in [-0.4, -0.2) is 19.0 Å². The maximum Gasteiger partial charge on any atom is 0.219 e. The maximum absolute atomic E-state index is 10.3. The van der Waals surface area contributed by atoms with Crippen molar-refractivity contribution in [3.8, 4) is 0 Å². The molecule has 0 aromatic heterocycles. The van der Waals surface area contributed by atoms with Crippen LogP contribution in [0.3, 0.4) is 0 Å². The Bertz CT molecular complexity index is 74.5. The van der Waals surface area contributed by atoms with Crippen molar-refractivity contribution in [3.63, 3.8) is 0 Å². The van der Waals surface area contributed by atoms with Crippen LogP contribution in [-0.2, 0) is 4.79 Å². The first-order valence-corrected chi connectivity index (χ1v) is 3.69. The predicted molar refractivity (Wildman–Crippen MR) is 50.4 cm³/mol. The van der Waals surface area contributed by atoms with Gasteiger partial charge in [-0.25, -0.2) is 0 Å². The molecule has 0 saturated heterocycles. The molecule has 70 valence electrons. The number of nitrogens with one attached hydrogen (secondary N) is 1. The van der Waals surface area contributed by atoms with Crippen LogP contribution in [0.1, 0.15) is 34.6 Å². The number of carbonyl (C=O) groups is 1. The molecule has 0 aromatic carbocycles. The van der Waals surface area contributed by atoms with Crippen LogP contribution < -0.4 is 11.1 Å². The fourth-order valence-electron chi connectivity index (χ4n) is 0.322. The Morgan fingerprint density at radius 2 is 1.73 bits per heavy atom. The third-order valence-corrected chi connectivity index (χ3v) is 0.695. The Morgan fingerprint density at radius 1 is 1.36 bits per heavy atom. The fraction of sp³-hybridized carbons (Fsp3) is 0.875. The average molecular weight is 162 g/mol. The van der Waals surface area contributed by atoms with Gasteiger partial charge in [-0.05, 0) is 13.5 Å². The molecule has 0 aromatic rings. The Kier molecular flexibility index (Phi) is 24.8. The molecule has 0 aliphatic carbocycles. The Balaban J connectivity index is -0.000000140. The summed E-state index contributed by atoms with van der Waals surface area (Å²) in [5, 5.41) is 2.66. The van der Waals surface area contributed by atoms with Gasteiger partial charge in [-0.3, -0.25) is 4.79 Å². The SMILES string of the molecule is C.CCN.CCNC(=O)CC. The molecule has 0 fully saturated rings. The van der Waals surface area contributed by atoms with Gasteiger partial charge in [0.25, 0.3) is 0 Å². The van der Waals surface area contributed by atoms with Crippen molar-refractivity contribution in [2.24, 2.45) is 5.73 Å². The molecule has 0 rings (SSSR count). The first-order chi connectivity index (χ1) is 4.72. The summed E-state index contributed by atoms with van der Waals surface area (Å²) in [5.74, 6) is 0.127. The van der Waals surface area contributed by atoms with Gasteiger partial charge in [0.15, 0.2) is 0 Å². The van der Waals surface area contributed by atoms with E-state index in [1.54, 1.807) is 0 Å². The van der Waals surface area contributed by atoms with Crippen LogP contribution in [0.4, 0.5) is 0 Å². The highest BCUT2D eigenvalue weighted by molar-refractivity contribution is 5.75. The fourth-order valence-corrected chi connectivity index (χ4v) is 0.322. The molecule has 0 aliphatic heterocycles. The van der Waals surface area contributed by atoms with E-state index in [0.29, 0.717) is 6.42 Å². The van der Waals surface area contributed by atoms with Gasteiger partial charge in [-0.2, -0.15) is 0 Å². The van der Waals surface area contributed by atoms with Gasteiger partial charge in [0, 0.05) is 13.0 Å². The van der Waals surface area contributed by atoms with E-state index in [1.807, 2.05) is 20.8 Å². The standard InChI is InChI=1S/C5H11NO.C2H7N.CH4/c1-3-5(7)6-4-2;1-2-3;/h3-4H2,1-2H3,(H,6,7);2-3H2,1H3;1H4. The molecule has 11 heavy (non-hydrogen) atoms.